The van der Waals surface area contributed by atoms with Crippen LogP contribution in [0.2, 0.25) is 0 Å². The van der Waals surface area contributed by atoms with E-state index in [1.54, 1.807) is 0 Å². The van der Waals surface area contributed by atoms with E-state index >= 15 is 0 Å². The van der Waals surface area contributed by atoms with Gasteiger partial charge in [0.15, 0.2) is 5.82 Å². The highest BCUT2D eigenvalue weighted by Gasteiger charge is 2.25. The summed E-state index contributed by atoms with van der Waals surface area (Å²) < 4.78 is 12.2. The topological polar surface area (TPSA) is 66.2 Å². The fraction of sp³-hybridized carbons (Fsp3) is 0.611. The first-order valence-electron chi connectivity index (χ1n) is 8.96. The summed E-state index contributed by atoms with van der Waals surface area (Å²) in [6, 6.07) is 4.10. The average molecular weight is 365 g/mol. The Morgan fingerprint density at radius 3 is 2.80 bits per heavy atom. The van der Waals surface area contributed by atoms with E-state index < -0.39 is 0 Å². The molecule has 0 aliphatic rings. The Hall–Kier alpha value is -1.73. The molecule has 2 aromatic rings. The zero-order chi connectivity index (χ0) is 18.1. The molecule has 1 atom stereocenters. The average Bonchev–Trinajstić information content (AvgIpc) is 3.28. The lowest BCUT2D eigenvalue weighted by molar-refractivity contribution is 0.0801. The third-order valence-electron chi connectivity index (χ3n) is 3.95. The smallest absolute Gasteiger partial charge is 0.336 e. The molecule has 2 heterocycles. The van der Waals surface area contributed by atoms with Crippen molar-refractivity contribution in [2.24, 2.45) is 5.92 Å². The van der Waals surface area contributed by atoms with Gasteiger partial charge in [0.1, 0.15) is 6.61 Å². The van der Waals surface area contributed by atoms with Gasteiger partial charge in [-0.2, -0.15) is 9.67 Å². The Bertz CT molecular complexity index is 640. The molecular weight excluding hydrogens is 338 g/mol. The van der Waals surface area contributed by atoms with E-state index in [1.807, 2.05) is 31.4 Å². The van der Waals surface area contributed by atoms with Crippen LogP contribution in [-0.2, 0) is 4.74 Å². The monoisotopic (exact) mass is 365 g/mol. The highest BCUT2D eigenvalue weighted by Crippen LogP contribution is 2.26. The van der Waals surface area contributed by atoms with Gasteiger partial charge in [-0.25, -0.2) is 0 Å². The molecule has 0 aromatic carbocycles. The molecule has 25 heavy (non-hydrogen) atoms. The van der Waals surface area contributed by atoms with Crippen molar-refractivity contribution in [1.29, 1.82) is 0 Å². The van der Waals surface area contributed by atoms with Crippen LogP contribution in [0.25, 0.3) is 10.7 Å². The molecule has 0 spiro atoms. The van der Waals surface area contributed by atoms with E-state index in [-0.39, 0.29) is 17.8 Å². The molecule has 7 heteroatoms. The van der Waals surface area contributed by atoms with Gasteiger partial charge in [-0.3, -0.25) is 4.79 Å². The fourth-order valence-electron chi connectivity index (χ4n) is 2.54. The molecule has 0 N–H and O–H groups in total. The molecule has 138 valence electrons. The van der Waals surface area contributed by atoms with Crippen LogP contribution in [0.5, 0.6) is 6.01 Å². The zero-order valence-electron chi connectivity index (χ0n) is 15.2. The maximum absolute atomic E-state index is 13.0. The Morgan fingerprint density at radius 2 is 2.16 bits per heavy atom. The van der Waals surface area contributed by atoms with E-state index in [4.69, 9.17) is 9.47 Å². The van der Waals surface area contributed by atoms with Crippen molar-refractivity contribution >= 4 is 17.2 Å². The highest BCUT2D eigenvalue weighted by molar-refractivity contribution is 7.13. The van der Waals surface area contributed by atoms with Crippen LogP contribution in [0.15, 0.2) is 17.5 Å². The van der Waals surface area contributed by atoms with Crippen LogP contribution in [0.3, 0.4) is 0 Å². The standard InChI is InChI=1S/C18H27N3O3S/c1-4-7-9-14(5-2)17(22)21-16(15-10-8-13-25-15)19-18(20-21)24-12-11-23-6-3/h8,10,13-14H,4-7,9,11-12H2,1-3H3. The minimum absolute atomic E-state index is 0.00786. The second-order valence-electron chi connectivity index (χ2n) is 5.74. The van der Waals surface area contributed by atoms with Gasteiger partial charge in [-0.15, -0.1) is 16.4 Å². The summed E-state index contributed by atoms with van der Waals surface area (Å²) in [6.07, 6.45) is 3.77. The lowest BCUT2D eigenvalue weighted by Gasteiger charge is -2.13. The van der Waals surface area contributed by atoms with Crippen molar-refractivity contribution in [3.05, 3.63) is 17.5 Å². The van der Waals surface area contributed by atoms with Gasteiger partial charge in [0.2, 0.25) is 0 Å². The first kappa shape index (κ1) is 19.6. The number of ether oxygens (including phenoxy) is 2. The van der Waals surface area contributed by atoms with Crippen molar-refractivity contribution in [3.63, 3.8) is 0 Å². The second-order valence-corrected chi connectivity index (χ2v) is 6.69. The number of rotatable bonds is 11. The lowest BCUT2D eigenvalue weighted by Crippen LogP contribution is -2.23. The van der Waals surface area contributed by atoms with E-state index in [0.29, 0.717) is 25.6 Å². The van der Waals surface area contributed by atoms with Crippen molar-refractivity contribution in [2.45, 2.75) is 46.5 Å². The van der Waals surface area contributed by atoms with Gasteiger partial charge in [-0.1, -0.05) is 32.8 Å². The quantitative estimate of drug-likeness (QED) is 0.556. The van der Waals surface area contributed by atoms with Gasteiger partial charge < -0.3 is 9.47 Å². The van der Waals surface area contributed by atoms with Crippen LogP contribution >= 0.6 is 11.3 Å². The van der Waals surface area contributed by atoms with Crippen LogP contribution in [-0.4, -0.2) is 40.5 Å². The van der Waals surface area contributed by atoms with Gasteiger partial charge >= 0.3 is 6.01 Å². The largest absolute Gasteiger partial charge is 0.460 e. The number of hydrogen-bond acceptors (Lipinski definition) is 6. The summed E-state index contributed by atoms with van der Waals surface area (Å²) in [5.41, 5.74) is 0. The molecule has 0 radical (unpaired) electrons. The number of hydrogen-bond donors (Lipinski definition) is 0. The molecular formula is C18H27N3O3S. The molecule has 0 aliphatic carbocycles. The third kappa shape index (κ3) is 5.37. The maximum Gasteiger partial charge on any atom is 0.336 e. The Morgan fingerprint density at radius 1 is 1.32 bits per heavy atom. The molecule has 1 unspecified atom stereocenters. The molecule has 0 amide bonds. The Labute approximate surface area is 153 Å². The summed E-state index contributed by atoms with van der Waals surface area (Å²) in [6.45, 7) is 7.58. The zero-order valence-corrected chi connectivity index (χ0v) is 16.1. The van der Waals surface area contributed by atoms with E-state index in [1.165, 1.54) is 16.0 Å². The molecule has 0 bridgehead atoms. The fourth-order valence-corrected chi connectivity index (χ4v) is 3.23. The summed E-state index contributed by atoms with van der Waals surface area (Å²) in [4.78, 5) is 18.3. The number of thiophene rings is 1. The van der Waals surface area contributed by atoms with Crippen molar-refractivity contribution < 1.29 is 14.3 Å². The summed E-state index contributed by atoms with van der Waals surface area (Å²) in [5, 5.41) is 6.29. The molecule has 0 saturated carbocycles. The Balaban J connectivity index is 2.21. The molecule has 2 rings (SSSR count). The summed E-state index contributed by atoms with van der Waals surface area (Å²) >= 11 is 1.53. The predicted molar refractivity (Wildman–Crippen MR) is 99.3 cm³/mol. The first-order chi connectivity index (χ1) is 12.2. The molecule has 2 aromatic heterocycles. The molecule has 0 aliphatic heterocycles. The van der Waals surface area contributed by atoms with E-state index in [9.17, 15) is 4.79 Å². The number of aromatic nitrogens is 3. The third-order valence-corrected chi connectivity index (χ3v) is 4.81. The van der Waals surface area contributed by atoms with E-state index in [0.717, 1.165) is 30.6 Å². The van der Waals surface area contributed by atoms with Crippen LogP contribution in [0, 0.1) is 5.92 Å². The highest BCUT2D eigenvalue weighted by atomic mass is 32.1. The number of carbonyl (C=O) groups is 1. The molecule has 0 fully saturated rings. The van der Waals surface area contributed by atoms with Gasteiger partial charge in [0.25, 0.3) is 5.91 Å². The first-order valence-corrected chi connectivity index (χ1v) is 9.84. The minimum atomic E-state index is -0.0448. The minimum Gasteiger partial charge on any atom is -0.460 e. The van der Waals surface area contributed by atoms with Crippen molar-refractivity contribution in [2.75, 3.05) is 19.8 Å². The Kier molecular flexibility index (Phi) is 8.08. The van der Waals surface area contributed by atoms with Gasteiger partial charge in [0, 0.05) is 12.5 Å². The van der Waals surface area contributed by atoms with Gasteiger partial charge in [0.05, 0.1) is 11.5 Å². The lowest BCUT2D eigenvalue weighted by atomic mass is 9.98. The number of nitrogens with zero attached hydrogens (tertiary/aromatic N) is 3. The van der Waals surface area contributed by atoms with Crippen LogP contribution in [0.1, 0.15) is 51.2 Å². The number of unbranched alkanes of at least 4 members (excludes halogenated alkanes) is 1. The van der Waals surface area contributed by atoms with Crippen molar-refractivity contribution in [3.8, 4) is 16.7 Å². The van der Waals surface area contributed by atoms with Crippen LogP contribution in [0.4, 0.5) is 0 Å². The molecule has 6 nitrogen and oxygen atoms in total. The van der Waals surface area contributed by atoms with Crippen LogP contribution < -0.4 is 4.74 Å². The molecule has 0 saturated heterocycles. The van der Waals surface area contributed by atoms with E-state index in [2.05, 4.69) is 17.0 Å². The normalized spacial score (nSPS) is 12.3. The second kappa shape index (κ2) is 10.3. The number of carbonyl (C=O) groups excluding carboxylic acids is 1. The van der Waals surface area contributed by atoms with Gasteiger partial charge in [-0.05, 0) is 31.2 Å². The van der Waals surface area contributed by atoms with Crippen molar-refractivity contribution in [1.82, 2.24) is 14.8 Å². The maximum atomic E-state index is 13.0. The SMILES string of the molecule is CCCCC(CC)C(=O)n1nc(OCCOCC)nc1-c1cccs1. The summed E-state index contributed by atoms with van der Waals surface area (Å²) in [7, 11) is 0. The predicted octanol–water partition coefficient (Wildman–Crippen LogP) is 4.28. The summed E-state index contributed by atoms with van der Waals surface area (Å²) in [5.74, 6) is 0.504.